The topological polar surface area (TPSA) is 45.7 Å². The molecule has 7 heteroatoms. The lowest BCUT2D eigenvalue weighted by molar-refractivity contribution is -0.0148. The number of hydrogen-bond acceptors (Lipinski definition) is 4. The number of rotatable bonds is 5. The van der Waals surface area contributed by atoms with E-state index in [-0.39, 0.29) is 31.0 Å². The third-order valence-corrected chi connectivity index (χ3v) is 4.48. The van der Waals surface area contributed by atoms with Crippen LogP contribution in [-0.2, 0) is 4.74 Å². The van der Waals surface area contributed by atoms with Gasteiger partial charge in [-0.2, -0.15) is 0 Å². The highest BCUT2D eigenvalue weighted by Crippen LogP contribution is 2.35. The fourth-order valence-corrected chi connectivity index (χ4v) is 3.27. The van der Waals surface area contributed by atoms with Crippen LogP contribution in [0.1, 0.15) is 23.7 Å². The molecule has 2 fully saturated rings. The highest BCUT2D eigenvalue weighted by atomic mass is 19.3. The van der Waals surface area contributed by atoms with Crippen molar-refractivity contribution in [2.24, 2.45) is 0 Å². The summed E-state index contributed by atoms with van der Waals surface area (Å²) in [6.07, 6.45) is 2.98. The summed E-state index contributed by atoms with van der Waals surface area (Å²) in [4.78, 5) is 19.7. The number of nitrogens with zero attached hydrogens (tertiary/aromatic N) is 3. The Morgan fingerprint density at radius 2 is 2.09 bits per heavy atom. The van der Waals surface area contributed by atoms with Crippen LogP contribution in [-0.4, -0.2) is 71.5 Å². The molecular formula is C16H21F2N3O2. The number of pyridine rings is 1. The Labute approximate surface area is 134 Å². The molecule has 1 amide bonds. The summed E-state index contributed by atoms with van der Waals surface area (Å²) in [6.45, 7) is 3.43. The van der Waals surface area contributed by atoms with Crippen LogP contribution in [0.4, 0.5) is 8.78 Å². The van der Waals surface area contributed by atoms with Crippen molar-refractivity contribution in [2.75, 3.05) is 32.8 Å². The van der Waals surface area contributed by atoms with Crippen molar-refractivity contribution in [2.45, 2.75) is 31.4 Å². The predicted octanol–water partition coefficient (Wildman–Crippen LogP) is 1.65. The molecule has 0 radical (unpaired) electrons. The molecule has 0 saturated carbocycles. The molecule has 0 spiro atoms. The SMILES string of the molecule is CCOC[C@@H]1CC(F)(F)CN1C1CN(C(=O)c2ccncc2)C1. The largest absolute Gasteiger partial charge is 0.380 e. The molecule has 1 aromatic heterocycles. The van der Waals surface area contributed by atoms with Gasteiger partial charge in [0.05, 0.1) is 13.2 Å². The molecule has 0 unspecified atom stereocenters. The number of aromatic nitrogens is 1. The monoisotopic (exact) mass is 325 g/mol. The number of carbonyl (C=O) groups is 1. The number of amides is 1. The summed E-state index contributed by atoms with van der Waals surface area (Å²) < 4.78 is 32.8. The average molecular weight is 325 g/mol. The maximum atomic E-state index is 13.7. The lowest BCUT2D eigenvalue weighted by Crippen LogP contribution is -2.62. The molecule has 3 heterocycles. The number of ether oxygens (including phenoxy) is 1. The smallest absolute Gasteiger partial charge is 0.262 e. The molecule has 3 rings (SSSR count). The summed E-state index contributed by atoms with van der Waals surface area (Å²) in [7, 11) is 0. The molecule has 2 aliphatic heterocycles. The minimum absolute atomic E-state index is 0.0142. The van der Waals surface area contributed by atoms with Crippen molar-refractivity contribution in [3.05, 3.63) is 30.1 Å². The van der Waals surface area contributed by atoms with Gasteiger partial charge in [0.15, 0.2) is 0 Å². The van der Waals surface area contributed by atoms with Crippen LogP contribution in [0.2, 0.25) is 0 Å². The van der Waals surface area contributed by atoms with Crippen molar-refractivity contribution < 1.29 is 18.3 Å². The van der Waals surface area contributed by atoms with Crippen molar-refractivity contribution in [1.29, 1.82) is 0 Å². The van der Waals surface area contributed by atoms with Gasteiger partial charge in [-0.15, -0.1) is 0 Å². The minimum Gasteiger partial charge on any atom is -0.380 e. The summed E-state index contributed by atoms with van der Waals surface area (Å²) in [5.74, 6) is -2.74. The Morgan fingerprint density at radius 1 is 1.39 bits per heavy atom. The summed E-state index contributed by atoms with van der Waals surface area (Å²) in [6, 6.07) is 3.04. The van der Waals surface area contributed by atoms with E-state index in [2.05, 4.69) is 4.98 Å². The first-order valence-corrected chi connectivity index (χ1v) is 7.91. The van der Waals surface area contributed by atoms with Crippen molar-refractivity contribution in [3.8, 4) is 0 Å². The molecule has 2 saturated heterocycles. The lowest BCUT2D eigenvalue weighted by Gasteiger charge is -2.45. The van der Waals surface area contributed by atoms with Crippen LogP contribution in [0.15, 0.2) is 24.5 Å². The van der Waals surface area contributed by atoms with Gasteiger partial charge in [-0.05, 0) is 19.1 Å². The molecule has 2 aliphatic rings. The molecule has 1 atom stereocenters. The van der Waals surface area contributed by atoms with Gasteiger partial charge >= 0.3 is 0 Å². The third-order valence-electron chi connectivity index (χ3n) is 4.48. The van der Waals surface area contributed by atoms with E-state index in [1.165, 1.54) is 0 Å². The van der Waals surface area contributed by atoms with Crippen molar-refractivity contribution in [3.63, 3.8) is 0 Å². The predicted molar refractivity (Wildman–Crippen MR) is 80.5 cm³/mol. The standard InChI is InChI=1S/C16H21F2N3O2/c1-2-23-10-13-7-16(17,18)11-21(13)14-8-20(9-14)15(22)12-3-5-19-6-4-12/h3-6,13-14H,2,7-11H2,1H3/t13-/m0/s1. The summed E-state index contributed by atoms with van der Waals surface area (Å²) >= 11 is 0. The Kier molecular flexibility index (Phi) is 4.59. The first-order valence-electron chi connectivity index (χ1n) is 7.91. The quantitative estimate of drug-likeness (QED) is 0.826. The van der Waals surface area contributed by atoms with E-state index in [1.54, 1.807) is 29.4 Å². The molecule has 0 aromatic carbocycles. The second kappa shape index (κ2) is 6.49. The van der Waals surface area contributed by atoms with E-state index < -0.39 is 5.92 Å². The van der Waals surface area contributed by atoms with Crippen LogP contribution in [0.3, 0.4) is 0 Å². The highest BCUT2D eigenvalue weighted by molar-refractivity contribution is 5.94. The van der Waals surface area contributed by atoms with Crippen LogP contribution in [0.5, 0.6) is 0 Å². The molecule has 23 heavy (non-hydrogen) atoms. The molecule has 1 aromatic rings. The second-order valence-electron chi connectivity index (χ2n) is 6.15. The Bertz CT molecular complexity index is 550. The Hall–Kier alpha value is -1.60. The second-order valence-corrected chi connectivity index (χ2v) is 6.15. The number of alkyl halides is 2. The Balaban J connectivity index is 1.58. The zero-order chi connectivity index (χ0) is 16.4. The average Bonchev–Trinajstić information content (AvgIpc) is 2.79. The van der Waals surface area contributed by atoms with E-state index in [1.807, 2.05) is 11.8 Å². The van der Waals surface area contributed by atoms with E-state index >= 15 is 0 Å². The van der Waals surface area contributed by atoms with Gasteiger partial charge in [0.25, 0.3) is 11.8 Å². The highest BCUT2D eigenvalue weighted by Gasteiger charge is 2.50. The number of likely N-dealkylation sites (tertiary alicyclic amines) is 2. The van der Waals surface area contributed by atoms with Crippen LogP contribution < -0.4 is 0 Å². The molecule has 0 bridgehead atoms. The molecule has 126 valence electrons. The van der Waals surface area contributed by atoms with Gasteiger partial charge < -0.3 is 9.64 Å². The molecular weight excluding hydrogens is 304 g/mol. The minimum atomic E-state index is -2.67. The van der Waals surface area contributed by atoms with E-state index in [0.717, 1.165) is 0 Å². The molecule has 0 N–H and O–H groups in total. The summed E-state index contributed by atoms with van der Waals surface area (Å²) in [5, 5.41) is 0. The van der Waals surface area contributed by atoms with Crippen LogP contribution in [0, 0.1) is 0 Å². The molecule has 5 nitrogen and oxygen atoms in total. The third kappa shape index (κ3) is 3.50. The van der Waals surface area contributed by atoms with E-state index in [0.29, 0.717) is 31.9 Å². The zero-order valence-electron chi connectivity index (χ0n) is 13.1. The van der Waals surface area contributed by atoms with Gasteiger partial charge in [0.1, 0.15) is 0 Å². The van der Waals surface area contributed by atoms with Crippen molar-refractivity contribution >= 4 is 5.91 Å². The number of carbonyl (C=O) groups excluding carboxylic acids is 1. The van der Waals surface area contributed by atoms with Crippen LogP contribution in [0.25, 0.3) is 0 Å². The Morgan fingerprint density at radius 3 is 2.74 bits per heavy atom. The van der Waals surface area contributed by atoms with Gasteiger partial charge in [-0.1, -0.05) is 0 Å². The summed E-state index contributed by atoms with van der Waals surface area (Å²) in [5.41, 5.74) is 0.580. The maximum Gasteiger partial charge on any atom is 0.262 e. The number of hydrogen-bond donors (Lipinski definition) is 0. The normalized spacial score (nSPS) is 24.7. The van der Waals surface area contributed by atoms with Gasteiger partial charge in [-0.3, -0.25) is 14.7 Å². The van der Waals surface area contributed by atoms with Crippen LogP contribution >= 0.6 is 0 Å². The lowest BCUT2D eigenvalue weighted by atomic mass is 10.0. The zero-order valence-corrected chi connectivity index (χ0v) is 13.1. The van der Waals surface area contributed by atoms with Crippen molar-refractivity contribution in [1.82, 2.24) is 14.8 Å². The fourth-order valence-electron chi connectivity index (χ4n) is 3.27. The number of halogens is 2. The van der Waals surface area contributed by atoms with Gasteiger partial charge in [0.2, 0.25) is 0 Å². The molecule has 0 aliphatic carbocycles. The first kappa shape index (κ1) is 16.3. The fraction of sp³-hybridized carbons (Fsp3) is 0.625. The first-order chi connectivity index (χ1) is 11.0. The van der Waals surface area contributed by atoms with E-state index in [4.69, 9.17) is 4.74 Å². The maximum absolute atomic E-state index is 13.7. The van der Waals surface area contributed by atoms with E-state index in [9.17, 15) is 13.6 Å². The van der Waals surface area contributed by atoms with Gasteiger partial charge in [0, 0.05) is 56.2 Å². The van der Waals surface area contributed by atoms with Gasteiger partial charge in [-0.25, -0.2) is 8.78 Å².